The van der Waals surface area contributed by atoms with Crippen molar-refractivity contribution in [1.82, 2.24) is 4.90 Å². The van der Waals surface area contributed by atoms with Crippen LogP contribution in [0.5, 0.6) is 5.75 Å². The Kier molecular flexibility index (Phi) is 6.67. The van der Waals surface area contributed by atoms with Crippen LogP contribution in [0.2, 0.25) is 0 Å². The summed E-state index contributed by atoms with van der Waals surface area (Å²) in [4.78, 5) is 15.1. The van der Waals surface area contributed by atoms with Gasteiger partial charge in [0.15, 0.2) is 0 Å². The first-order valence-corrected chi connectivity index (χ1v) is 9.45. The zero-order valence-electron chi connectivity index (χ0n) is 15.4. The minimum atomic E-state index is -0.330. The molecule has 1 fully saturated rings. The van der Waals surface area contributed by atoms with E-state index in [9.17, 15) is 4.79 Å². The number of esters is 1. The SMILES string of the molecule is CCOc1ccc(C(C(=O)OCCc2ccccc2)N2CCCC2)cc1. The van der Waals surface area contributed by atoms with Gasteiger partial charge in [-0.1, -0.05) is 42.5 Å². The van der Waals surface area contributed by atoms with Crippen molar-refractivity contribution in [2.45, 2.75) is 32.2 Å². The summed E-state index contributed by atoms with van der Waals surface area (Å²) in [6.07, 6.45) is 3.00. The number of hydrogen-bond acceptors (Lipinski definition) is 4. The van der Waals surface area contributed by atoms with E-state index in [1.807, 2.05) is 49.4 Å². The van der Waals surface area contributed by atoms with Gasteiger partial charge >= 0.3 is 5.97 Å². The first kappa shape index (κ1) is 18.5. The van der Waals surface area contributed by atoms with Crippen molar-refractivity contribution in [3.63, 3.8) is 0 Å². The normalized spacial score (nSPS) is 15.6. The van der Waals surface area contributed by atoms with E-state index in [1.54, 1.807) is 0 Å². The number of ether oxygens (including phenoxy) is 2. The molecule has 138 valence electrons. The fourth-order valence-electron chi connectivity index (χ4n) is 3.40. The van der Waals surface area contributed by atoms with E-state index in [4.69, 9.17) is 9.47 Å². The van der Waals surface area contributed by atoms with Gasteiger partial charge in [-0.2, -0.15) is 0 Å². The molecule has 3 rings (SSSR count). The average molecular weight is 353 g/mol. The molecule has 0 aliphatic carbocycles. The van der Waals surface area contributed by atoms with E-state index in [0.29, 0.717) is 13.2 Å². The van der Waals surface area contributed by atoms with E-state index in [2.05, 4.69) is 17.0 Å². The Balaban J connectivity index is 1.66. The van der Waals surface area contributed by atoms with Crippen molar-refractivity contribution in [2.75, 3.05) is 26.3 Å². The molecule has 0 radical (unpaired) electrons. The highest BCUT2D eigenvalue weighted by atomic mass is 16.5. The van der Waals surface area contributed by atoms with Crippen LogP contribution in [0.15, 0.2) is 54.6 Å². The highest BCUT2D eigenvalue weighted by Gasteiger charge is 2.31. The second-order valence-corrected chi connectivity index (χ2v) is 6.55. The molecule has 1 unspecified atom stereocenters. The molecule has 26 heavy (non-hydrogen) atoms. The van der Waals surface area contributed by atoms with Gasteiger partial charge < -0.3 is 9.47 Å². The third-order valence-electron chi connectivity index (χ3n) is 4.71. The summed E-state index contributed by atoms with van der Waals surface area (Å²) < 4.78 is 11.2. The average Bonchev–Trinajstić information content (AvgIpc) is 3.19. The second-order valence-electron chi connectivity index (χ2n) is 6.55. The molecular weight excluding hydrogens is 326 g/mol. The maximum absolute atomic E-state index is 12.8. The van der Waals surface area contributed by atoms with E-state index >= 15 is 0 Å². The van der Waals surface area contributed by atoms with Gasteiger partial charge in [-0.05, 0) is 56.1 Å². The molecule has 0 bridgehead atoms. The Morgan fingerprint density at radius 1 is 1.04 bits per heavy atom. The summed E-state index contributed by atoms with van der Waals surface area (Å²) >= 11 is 0. The van der Waals surface area contributed by atoms with Crippen molar-refractivity contribution < 1.29 is 14.3 Å². The van der Waals surface area contributed by atoms with Crippen LogP contribution in [0.25, 0.3) is 0 Å². The predicted octanol–water partition coefficient (Wildman–Crippen LogP) is 4.01. The number of likely N-dealkylation sites (tertiary alicyclic amines) is 1. The maximum atomic E-state index is 12.8. The highest BCUT2D eigenvalue weighted by molar-refractivity contribution is 5.77. The van der Waals surface area contributed by atoms with Gasteiger partial charge in [0.1, 0.15) is 11.8 Å². The Hall–Kier alpha value is -2.33. The first-order chi connectivity index (χ1) is 12.8. The lowest BCUT2D eigenvalue weighted by Crippen LogP contribution is -2.33. The summed E-state index contributed by atoms with van der Waals surface area (Å²) in [5, 5.41) is 0. The van der Waals surface area contributed by atoms with E-state index in [-0.39, 0.29) is 12.0 Å². The minimum Gasteiger partial charge on any atom is -0.494 e. The van der Waals surface area contributed by atoms with E-state index in [1.165, 1.54) is 5.56 Å². The molecule has 0 amide bonds. The van der Waals surface area contributed by atoms with Crippen molar-refractivity contribution in [3.8, 4) is 5.75 Å². The molecule has 1 heterocycles. The largest absolute Gasteiger partial charge is 0.494 e. The smallest absolute Gasteiger partial charge is 0.328 e. The molecular formula is C22H27NO3. The molecule has 0 N–H and O–H groups in total. The molecule has 1 saturated heterocycles. The van der Waals surface area contributed by atoms with Crippen LogP contribution in [-0.4, -0.2) is 37.2 Å². The molecule has 1 aliphatic rings. The van der Waals surface area contributed by atoms with Crippen LogP contribution in [0.1, 0.15) is 36.9 Å². The fraction of sp³-hybridized carbons (Fsp3) is 0.409. The monoisotopic (exact) mass is 353 g/mol. The number of nitrogens with zero attached hydrogens (tertiary/aromatic N) is 1. The van der Waals surface area contributed by atoms with Gasteiger partial charge in [-0.25, -0.2) is 4.79 Å². The Morgan fingerprint density at radius 3 is 2.38 bits per heavy atom. The van der Waals surface area contributed by atoms with Gasteiger partial charge in [0.05, 0.1) is 13.2 Å². The summed E-state index contributed by atoms with van der Waals surface area (Å²) in [6, 6.07) is 17.6. The van der Waals surface area contributed by atoms with Crippen molar-refractivity contribution in [1.29, 1.82) is 0 Å². The fourth-order valence-corrected chi connectivity index (χ4v) is 3.40. The lowest BCUT2D eigenvalue weighted by Gasteiger charge is -2.26. The molecule has 0 spiro atoms. The van der Waals surface area contributed by atoms with Gasteiger partial charge in [0.2, 0.25) is 0 Å². The highest BCUT2D eigenvalue weighted by Crippen LogP contribution is 2.28. The summed E-state index contributed by atoms with van der Waals surface area (Å²) in [5.41, 5.74) is 2.15. The maximum Gasteiger partial charge on any atom is 0.328 e. The van der Waals surface area contributed by atoms with Crippen LogP contribution < -0.4 is 4.74 Å². The van der Waals surface area contributed by atoms with Crippen molar-refractivity contribution in [2.24, 2.45) is 0 Å². The Morgan fingerprint density at radius 2 is 1.73 bits per heavy atom. The topological polar surface area (TPSA) is 38.8 Å². The predicted molar refractivity (Wildman–Crippen MR) is 102 cm³/mol. The third-order valence-corrected chi connectivity index (χ3v) is 4.71. The Bertz CT molecular complexity index is 678. The molecule has 0 saturated carbocycles. The Labute approximate surface area is 155 Å². The molecule has 0 aromatic heterocycles. The summed E-state index contributed by atoms with van der Waals surface area (Å²) in [6.45, 7) is 4.88. The lowest BCUT2D eigenvalue weighted by molar-refractivity contribution is -0.150. The first-order valence-electron chi connectivity index (χ1n) is 9.45. The van der Waals surface area contributed by atoms with Gasteiger partial charge in [0.25, 0.3) is 0 Å². The van der Waals surface area contributed by atoms with Crippen LogP contribution in [0.3, 0.4) is 0 Å². The molecule has 4 nitrogen and oxygen atoms in total. The molecule has 1 atom stereocenters. The standard InChI is InChI=1S/C22H27NO3/c1-2-25-20-12-10-19(11-13-20)21(23-15-6-7-16-23)22(24)26-17-14-18-8-4-3-5-9-18/h3-5,8-13,21H,2,6-7,14-17H2,1H3. The van der Waals surface area contributed by atoms with Crippen molar-refractivity contribution >= 4 is 5.97 Å². The van der Waals surface area contributed by atoms with Gasteiger partial charge in [-0.15, -0.1) is 0 Å². The van der Waals surface area contributed by atoms with Crippen LogP contribution >= 0.6 is 0 Å². The zero-order valence-corrected chi connectivity index (χ0v) is 15.4. The minimum absolute atomic E-state index is 0.160. The lowest BCUT2D eigenvalue weighted by atomic mass is 10.1. The molecule has 2 aromatic rings. The van der Waals surface area contributed by atoms with E-state index < -0.39 is 0 Å². The zero-order chi connectivity index (χ0) is 18.2. The number of carbonyl (C=O) groups is 1. The summed E-state index contributed by atoms with van der Waals surface area (Å²) in [7, 11) is 0. The van der Waals surface area contributed by atoms with Crippen molar-refractivity contribution in [3.05, 3.63) is 65.7 Å². The quantitative estimate of drug-likeness (QED) is 0.672. The van der Waals surface area contributed by atoms with Crippen LogP contribution in [0.4, 0.5) is 0 Å². The number of carbonyl (C=O) groups excluding carboxylic acids is 1. The third kappa shape index (κ3) is 4.85. The number of rotatable bonds is 8. The second kappa shape index (κ2) is 9.39. The molecule has 2 aromatic carbocycles. The number of benzene rings is 2. The number of hydrogen-bond donors (Lipinski definition) is 0. The summed E-state index contributed by atoms with van der Waals surface area (Å²) in [5.74, 6) is 0.667. The molecule has 4 heteroatoms. The van der Waals surface area contributed by atoms with Gasteiger partial charge in [-0.3, -0.25) is 4.90 Å². The van der Waals surface area contributed by atoms with Gasteiger partial charge in [0, 0.05) is 6.42 Å². The van der Waals surface area contributed by atoms with E-state index in [0.717, 1.165) is 43.7 Å². The van der Waals surface area contributed by atoms with Crippen LogP contribution in [0, 0.1) is 0 Å². The van der Waals surface area contributed by atoms with Crippen LogP contribution in [-0.2, 0) is 16.0 Å². The molecule has 1 aliphatic heterocycles.